The van der Waals surface area contributed by atoms with Gasteiger partial charge in [0, 0.05) is 16.3 Å². The zero-order valence-electron chi connectivity index (χ0n) is 13.2. The lowest BCUT2D eigenvalue weighted by Gasteiger charge is -2.27. The second-order valence-electron chi connectivity index (χ2n) is 5.78. The minimum atomic E-state index is -3.28. The quantitative estimate of drug-likeness (QED) is 0.876. The molecular formula is C17H20N2O2S2. The van der Waals surface area contributed by atoms with Crippen LogP contribution in [0.3, 0.4) is 0 Å². The van der Waals surface area contributed by atoms with Gasteiger partial charge in [0.2, 0.25) is 10.0 Å². The number of anilines is 2. The number of hydrogen-bond acceptors (Lipinski definition) is 4. The minimum Gasteiger partial charge on any atom is -0.378 e. The van der Waals surface area contributed by atoms with Crippen LogP contribution in [0.1, 0.15) is 23.6 Å². The van der Waals surface area contributed by atoms with Crippen molar-refractivity contribution in [2.45, 2.75) is 24.3 Å². The molecular weight excluding hydrogens is 328 g/mol. The lowest BCUT2D eigenvalue weighted by Crippen LogP contribution is -2.16. The van der Waals surface area contributed by atoms with Crippen LogP contribution in [0.5, 0.6) is 0 Å². The molecule has 0 aliphatic carbocycles. The highest BCUT2D eigenvalue weighted by molar-refractivity contribution is 7.99. The summed E-state index contributed by atoms with van der Waals surface area (Å²) in [6, 6.07) is 14.5. The summed E-state index contributed by atoms with van der Waals surface area (Å²) in [6.07, 6.45) is 2.21. The maximum atomic E-state index is 11.5. The monoisotopic (exact) mass is 348 g/mol. The van der Waals surface area contributed by atoms with Crippen molar-refractivity contribution in [1.29, 1.82) is 0 Å². The standard InChI is InChI=1S/C17H20N2O2S2/c1-12-7-8-13(11-16(12)19-23(2,20)21)18-15-9-10-22-17-6-4-3-5-14(15)17/h3-8,11,15,18-19H,9-10H2,1-2H3. The average Bonchev–Trinajstić information content (AvgIpc) is 2.50. The van der Waals surface area contributed by atoms with Gasteiger partial charge in [-0.05, 0) is 42.7 Å². The molecule has 2 aromatic carbocycles. The molecule has 0 saturated carbocycles. The van der Waals surface area contributed by atoms with Gasteiger partial charge in [0.25, 0.3) is 0 Å². The molecule has 3 rings (SSSR count). The average molecular weight is 348 g/mol. The third kappa shape index (κ3) is 4.00. The number of rotatable bonds is 4. The predicted molar refractivity (Wildman–Crippen MR) is 97.8 cm³/mol. The number of aryl methyl sites for hydroxylation is 1. The fourth-order valence-corrected chi connectivity index (χ4v) is 4.46. The molecule has 1 unspecified atom stereocenters. The van der Waals surface area contributed by atoms with Crippen LogP contribution in [-0.4, -0.2) is 20.4 Å². The van der Waals surface area contributed by atoms with Crippen molar-refractivity contribution in [3.05, 3.63) is 53.6 Å². The highest BCUT2D eigenvalue weighted by Gasteiger charge is 2.20. The molecule has 0 fully saturated rings. The first-order valence-electron chi connectivity index (χ1n) is 7.49. The van der Waals surface area contributed by atoms with Crippen LogP contribution in [-0.2, 0) is 10.0 Å². The highest BCUT2D eigenvalue weighted by Crippen LogP contribution is 2.38. The van der Waals surface area contributed by atoms with Crippen molar-refractivity contribution in [3.8, 4) is 0 Å². The van der Waals surface area contributed by atoms with Crippen LogP contribution in [0.2, 0.25) is 0 Å². The third-order valence-corrected chi connectivity index (χ3v) is 5.55. The van der Waals surface area contributed by atoms with E-state index in [-0.39, 0.29) is 6.04 Å². The summed E-state index contributed by atoms with van der Waals surface area (Å²) < 4.78 is 25.5. The normalized spacial score (nSPS) is 17.4. The lowest BCUT2D eigenvalue weighted by atomic mass is 10.0. The molecule has 1 aliphatic heterocycles. The van der Waals surface area contributed by atoms with Crippen LogP contribution < -0.4 is 10.0 Å². The summed E-state index contributed by atoms with van der Waals surface area (Å²) in [4.78, 5) is 1.32. The zero-order chi connectivity index (χ0) is 16.4. The van der Waals surface area contributed by atoms with Crippen LogP contribution in [0.15, 0.2) is 47.4 Å². The Morgan fingerprint density at radius 2 is 1.96 bits per heavy atom. The van der Waals surface area contributed by atoms with Gasteiger partial charge >= 0.3 is 0 Å². The van der Waals surface area contributed by atoms with Crippen molar-refractivity contribution in [3.63, 3.8) is 0 Å². The summed E-state index contributed by atoms with van der Waals surface area (Å²) in [5.74, 6) is 1.08. The maximum Gasteiger partial charge on any atom is 0.229 e. The first-order valence-corrected chi connectivity index (χ1v) is 10.4. The van der Waals surface area contributed by atoms with E-state index in [2.05, 4.69) is 34.3 Å². The molecule has 4 nitrogen and oxygen atoms in total. The van der Waals surface area contributed by atoms with Gasteiger partial charge in [-0.15, -0.1) is 11.8 Å². The van der Waals surface area contributed by atoms with Crippen LogP contribution in [0, 0.1) is 6.92 Å². The Morgan fingerprint density at radius 1 is 1.17 bits per heavy atom. The fourth-order valence-electron chi connectivity index (χ4n) is 2.71. The number of benzene rings is 2. The van der Waals surface area contributed by atoms with E-state index in [0.717, 1.165) is 23.4 Å². The van der Waals surface area contributed by atoms with Gasteiger partial charge in [-0.25, -0.2) is 8.42 Å². The third-order valence-electron chi connectivity index (χ3n) is 3.83. The molecule has 23 heavy (non-hydrogen) atoms. The summed E-state index contributed by atoms with van der Waals surface area (Å²) in [5, 5.41) is 3.54. The lowest BCUT2D eigenvalue weighted by molar-refractivity contribution is 0.607. The van der Waals surface area contributed by atoms with Crippen molar-refractivity contribution >= 4 is 33.2 Å². The number of nitrogens with one attached hydrogen (secondary N) is 2. The zero-order valence-corrected chi connectivity index (χ0v) is 14.8. The topological polar surface area (TPSA) is 58.2 Å². The van der Waals surface area contributed by atoms with Crippen molar-refractivity contribution in [2.75, 3.05) is 22.0 Å². The fraction of sp³-hybridized carbons (Fsp3) is 0.294. The Bertz CT molecular complexity index is 819. The molecule has 0 radical (unpaired) electrons. The maximum absolute atomic E-state index is 11.5. The van der Waals surface area contributed by atoms with Crippen LogP contribution in [0.4, 0.5) is 11.4 Å². The van der Waals surface area contributed by atoms with Gasteiger partial charge in [0.05, 0.1) is 18.0 Å². The van der Waals surface area contributed by atoms with E-state index in [9.17, 15) is 8.42 Å². The van der Waals surface area contributed by atoms with E-state index < -0.39 is 10.0 Å². The first-order chi connectivity index (χ1) is 10.9. The van der Waals surface area contributed by atoms with Gasteiger partial charge in [0.15, 0.2) is 0 Å². The number of sulfonamides is 1. The van der Waals surface area contributed by atoms with E-state index in [1.807, 2.05) is 36.9 Å². The van der Waals surface area contributed by atoms with Crippen molar-refractivity contribution in [1.82, 2.24) is 0 Å². The van der Waals surface area contributed by atoms with E-state index in [0.29, 0.717) is 5.69 Å². The number of thioether (sulfide) groups is 1. The largest absolute Gasteiger partial charge is 0.378 e. The van der Waals surface area contributed by atoms with Gasteiger partial charge in [-0.2, -0.15) is 0 Å². The van der Waals surface area contributed by atoms with E-state index in [1.54, 1.807) is 0 Å². The van der Waals surface area contributed by atoms with Gasteiger partial charge in [-0.1, -0.05) is 24.3 Å². The first kappa shape index (κ1) is 16.2. The van der Waals surface area contributed by atoms with E-state index in [4.69, 9.17) is 0 Å². The van der Waals surface area contributed by atoms with Gasteiger partial charge in [-0.3, -0.25) is 4.72 Å². The Balaban J connectivity index is 1.85. The van der Waals surface area contributed by atoms with Crippen LogP contribution in [0.25, 0.3) is 0 Å². The second kappa shape index (κ2) is 6.45. The summed E-state index contributed by atoms with van der Waals surface area (Å²) in [7, 11) is -3.28. The van der Waals surface area contributed by atoms with Crippen molar-refractivity contribution in [2.24, 2.45) is 0 Å². The number of fused-ring (bicyclic) bond motifs is 1. The Hall–Kier alpha value is -1.66. The smallest absolute Gasteiger partial charge is 0.229 e. The molecule has 2 aromatic rings. The minimum absolute atomic E-state index is 0.251. The molecule has 2 N–H and O–H groups in total. The van der Waals surface area contributed by atoms with Crippen molar-refractivity contribution < 1.29 is 8.42 Å². The molecule has 1 heterocycles. The summed E-state index contributed by atoms with van der Waals surface area (Å²) >= 11 is 1.88. The molecule has 0 aromatic heterocycles. The van der Waals surface area contributed by atoms with Gasteiger partial charge in [0.1, 0.15) is 0 Å². The molecule has 122 valence electrons. The van der Waals surface area contributed by atoms with Gasteiger partial charge < -0.3 is 5.32 Å². The van der Waals surface area contributed by atoms with E-state index >= 15 is 0 Å². The Morgan fingerprint density at radius 3 is 2.74 bits per heavy atom. The Labute approximate surface area is 141 Å². The molecule has 1 atom stereocenters. The summed E-state index contributed by atoms with van der Waals surface area (Å²) in [6.45, 7) is 1.89. The van der Waals surface area contributed by atoms with E-state index in [1.165, 1.54) is 16.7 Å². The SMILES string of the molecule is Cc1ccc(NC2CCSc3ccccc32)cc1NS(C)(=O)=O. The second-order valence-corrected chi connectivity index (χ2v) is 8.66. The summed E-state index contributed by atoms with van der Waals surface area (Å²) in [5.41, 5.74) is 3.76. The molecule has 0 bridgehead atoms. The molecule has 1 aliphatic rings. The Kier molecular flexibility index (Phi) is 4.55. The van der Waals surface area contributed by atoms with Crippen LogP contribution >= 0.6 is 11.8 Å². The highest BCUT2D eigenvalue weighted by atomic mass is 32.2. The molecule has 0 amide bonds. The molecule has 0 saturated heterocycles. The molecule has 0 spiro atoms. The number of hydrogen-bond donors (Lipinski definition) is 2. The predicted octanol–water partition coefficient (Wildman–Crippen LogP) is 4.02. The molecule has 6 heteroatoms.